The Kier molecular flexibility index (Phi) is 4.20. The second kappa shape index (κ2) is 5.87. The number of carbonyl (C=O) groups is 1. The average Bonchev–Trinajstić information content (AvgIpc) is 2.40. The number of Topliss-reactive ketones (excluding diaryl/α,β-unsaturated/α-hetero) is 1. The van der Waals surface area contributed by atoms with E-state index in [9.17, 15) is 9.18 Å². The number of carbonyl (C=O) groups excluding carboxylic acids is 1. The third-order valence-corrected chi connectivity index (χ3v) is 3.20. The van der Waals surface area contributed by atoms with Gasteiger partial charge in [0.05, 0.1) is 10.0 Å². The molecule has 0 saturated heterocycles. The van der Waals surface area contributed by atoms with Gasteiger partial charge in [0.2, 0.25) is 0 Å². The maximum absolute atomic E-state index is 13.7. The Morgan fingerprint density at radius 1 is 1.22 bits per heavy atom. The minimum absolute atomic E-state index is 0.125. The van der Waals surface area contributed by atoms with Crippen molar-refractivity contribution in [2.75, 3.05) is 0 Å². The molecular weight excluding hydrogens is 297 g/mol. The topological polar surface area (TPSA) is 30.0 Å². The number of halogens is 2. The molecule has 0 amide bonds. The maximum Gasteiger partial charge on any atom is 0.166 e. The summed E-state index contributed by atoms with van der Waals surface area (Å²) in [5.74, 6) is -0.706. The van der Waals surface area contributed by atoms with Gasteiger partial charge in [-0.25, -0.2) is 4.39 Å². The van der Waals surface area contributed by atoms with E-state index in [-0.39, 0.29) is 17.8 Å². The lowest BCUT2D eigenvalue weighted by Gasteiger charge is -2.03. The van der Waals surface area contributed by atoms with E-state index >= 15 is 0 Å². The Hall–Kier alpha value is -1.55. The number of hydrogen-bond acceptors (Lipinski definition) is 2. The van der Waals surface area contributed by atoms with Crippen molar-refractivity contribution < 1.29 is 9.18 Å². The van der Waals surface area contributed by atoms with Gasteiger partial charge in [0, 0.05) is 18.3 Å². The number of benzene rings is 1. The normalized spacial score (nSPS) is 10.3. The van der Waals surface area contributed by atoms with Gasteiger partial charge in [-0.3, -0.25) is 9.78 Å². The van der Waals surface area contributed by atoms with Crippen LogP contribution in [0, 0.1) is 5.82 Å². The molecule has 0 N–H and O–H groups in total. The van der Waals surface area contributed by atoms with Gasteiger partial charge < -0.3 is 0 Å². The fraction of sp³-hybridized carbons (Fsp3) is 0.143. The second-order valence-corrected chi connectivity index (χ2v) is 4.70. The lowest BCUT2D eigenvalue weighted by Crippen LogP contribution is -2.05. The molecule has 0 aliphatic carbocycles. The molecule has 2 nitrogen and oxygen atoms in total. The smallest absolute Gasteiger partial charge is 0.166 e. The van der Waals surface area contributed by atoms with Crippen LogP contribution in [0.15, 0.2) is 47.1 Å². The van der Waals surface area contributed by atoms with E-state index < -0.39 is 5.82 Å². The van der Waals surface area contributed by atoms with Crippen molar-refractivity contribution >= 4 is 21.7 Å². The summed E-state index contributed by atoms with van der Waals surface area (Å²) in [6.45, 7) is 0. The van der Waals surface area contributed by atoms with E-state index in [1.807, 2.05) is 18.2 Å². The number of nitrogens with zero attached hydrogens (tertiary/aromatic N) is 1. The van der Waals surface area contributed by atoms with E-state index in [1.165, 1.54) is 6.07 Å². The van der Waals surface area contributed by atoms with E-state index in [0.29, 0.717) is 10.9 Å². The highest BCUT2D eigenvalue weighted by Gasteiger charge is 2.13. The molecule has 0 spiro atoms. The second-order valence-electron chi connectivity index (χ2n) is 3.85. The molecule has 2 aromatic rings. The molecular formula is C14H11BrFNO. The van der Waals surface area contributed by atoms with Crippen molar-refractivity contribution in [3.05, 3.63) is 64.1 Å². The van der Waals surface area contributed by atoms with Crippen molar-refractivity contribution in [2.45, 2.75) is 12.8 Å². The minimum Gasteiger partial charge on any atom is -0.294 e. The van der Waals surface area contributed by atoms with E-state index in [4.69, 9.17) is 0 Å². The first kappa shape index (κ1) is 12.9. The molecule has 0 atom stereocenters. The minimum atomic E-state index is -0.497. The molecule has 1 aromatic carbocycles. The molecule has 0 fully saturated rings. The van der Waals surface area contributed by atoms with Gasteiger partial charge in [-0.15, -0.1) is 0 Å². The molecule has 0 bridgehead atoms. The van der Waals surface area contributed by atoms with Gasteiger partial charge in [-0.1, -0.05) is 12.1 Å². The third kappa shape index (κ3) is 3.01. The van der Waals surface area contributed by atoms with Gasteiger partial charge in [0.25, 0.3) is 0 Å². The summed E-state index contributed by atoms with van der Waals surface area (Å²) in [7, 11) is 0. The standard InChI is InChI=1S/C14H11BrFNO/c15-12-6-3-5-11(14(12)16)13(18)8-7-10-4-1-2-9-17-10/h1-6,9H,7-8H2. The fourth-order valence-electron chi connectivity index (χ4n) is 1.64. The van der Waals surface area contributed by atoms with Crippen molar-refractivity contribution in [3.8, 4) is 0 Å². The Morgan fingerprint density at radius 2 is 2.06 bits per heavy atom. The number of aryl methyl sites for hydroxylation is 1. The van der Waals surface area contributed by atoms with Crippen molar-refractivity contribution in [2.24, 2.45) is 0 Å². The van der Waals surface area contributed by atoms with E-state index in [1.54, 1.807) is 18.3 Å². The highest BCUT2D eigenvalue weighted by molar-refractivity contribution is 9.10. The first-order valence-corrected chi connectivity index (χ1v) is 6.35. The van der Waals surface area contributed by atoms with E-state index in [0.717, 1.165) is 5.69 Å². The Balaban J connectivity index is 2.07. The number of hydrogen-bond donors (Lipinski definition) is 0. The van der Waals surface area contributed by atoms with Gasteiger partial charge in [0.15, 0.2) is 5.78 Å². The van der Waals surface area contributed by atoms with Gasteiger partial charge in [-0.05, 0) is 46.6 Å². The summed E-state index contributed by atoms with van der Waals surface area (Å²) >= 11 is 3.07. The van der Waals surface area contributed by atoms with Crippen LogP contribution in [-0.2, 0) is 6.42 Å². The van der Waals surface area contributed by atoms with Gasteiger partial charge in [0.1, 0.15) is 5.82 Å². The molecule has 0 unspecified atom stereocenters. The first-order chi connectivity index (χ1) is 8.68. The van der Waals surface area contributed by atoms with Crippen molar-refractivity contribution in [3.63, 3.8) is 0 Å². The highest BCUT2D eigenvalue weighted by atomic mass is 79.9. The van der Waals surface area contributed by atoms with Crippen LogP contribution in [-0.4, -0.2) is 10.8 Å². The number of ketones is 1. The van der Waals surface area contributed by atoms with Crippen LogP contribution >= 0.6 is 15.9 Å². The zero-order valence-corrected chi connectivity index (χ0v) is 11.2. The largest absolute Gasteiger partial charge is 0.294 e. The molecule has 0 saturated carbocycles. The summed E-state index contributed by atoms with van der Waals surface area (Å²) < 4.78 is 14.0. The van der Waals surface area contributed by atoms with Gasteiger partial charge >= 0.3 is 0 Å². The number of rotatable bonds is 4. The summed E-state index contributed by atoms with van der Waals surface area (Å²) in [4.78, 5) is 16.0. The molecule has 1 aromatic heterocycles. The van der Waals surface area contributed by atoms with Crippen LogP contribution in [0.1, 0.15) is 22.5 Å². The number of pyridine rings is 1. The fourth-order valence-corrected chi connectivity index (χ4v) is 2.01. The van der Waals surface area contributed by atoms with Crippen molar-refractivity contribution in [1.29, 1.82) is 0 Å². The molecule has 0 radical (unpaired) electrons. The number of aromatic nitrogens is 1. The quantitative estimate of drug-likeness (QED) is 0.804. The highest BCUT2D eigenvalue weighted by Crippen LogP contribution is 2.20. The van der Waals surface area contributed by atoms with Crippen LogP contribution in [0.4, 0.5) is 4.39 Å². The van der Waals surface area contributed by atoms with Crippen LogP contribution in [0.5, 0.6) is 0 Å². The predicted octanol–water partition coefficient (Wildman–Crippen LogP) is 3.80. The van der Waals surface area contributed by atoms with Crippen LogP contribution in [0.2, 0.25) is 0 Å². The summed E-state index contributed by atoms with van der Waals surface area (Å²) in [5, 5.41) is 0. The Morgan fingerprint density at radius 3 is 2.78 bits per heavy atom. The summed E-state index contributed by atoms with van der Waals surface area (Å²) in [6, 6.07) is 10.3. The lowest BCUT2D eigenvalue weighted by atomic mass is 10.0. The molecule has 92 valence electrons. The van der Waals surface area contributed by atoms with Gasteiger partial charge in [-0.2, -0.15) is 0 Å². The zero-order valence-electron chi connectivity index (χ0n) is 9.57. The SMILES string of the molecule is O=C(CCc1ccccn1)c1cccc(Br)c1F. The molecule has 2 rings (SSSR count). The predicted molar refractivity (Wildman–Crippen MR) is 71.0 cm³/mol. The summed E-state index contributed by atoms with van der Waals surface area (Å²) in [6.07, 6.45) is 2.45. The Labute approximate surface area is 113 Å². The monoisotopic (exact) mass is 307 g/mol. The molecule has 0 aliphatic heterocycles. The third-order valence-electron chi connectivity index (χ3n) is 2.59. The molecule has 18 heavy (non-hydrogen) atoms. The average molecular weight is 308 g/mol. The first-order valence-electron chi connectivity index (χ1n) is 5.55. The van der Waals surface area contributed by atoms with Crippen LogP contribution < -0.4 is 0 Å². The Bertz CT molecular complexity index is 557. The molecule has 1 heterocycles. The summed E-state index contributed by atoms with van der Waals surface area (Å²) in [5.41, 5.74) is 0.960. The molecule has 0 aliphatic rings. The lowest BCUT2D eigenvalue weighted by molar-refractivity contribution is 0.0978. The zero-order chi connectivity index (χ0) is 13.0. The van der Waals surface area contributed by atoms with Crippen molar-refractivity contribution in [1.82, 2.24) is 4.98 Å². The van der Waals surface area contributed by atoms with E-state index in [2.05, 4.69) is 20.9 Å². The maximum atomic E-state index is 13.7. The molecule has 4 heteroatoms. The van der Waals surface area contributed by atoms with Crippen LogP contribution in [0.25, 0.3) is 0 Å². The van der Waals surface area contributed by atoms with Crippen LogP contribution in [0.3, 0.4) is 0 Å².